The molecule has 0 bridgehead atoms. The van der Waals surface area contributed by atoms with Crippen LogP contribution in [0.15, 0.2) is 53.0 Å². The lowest BCUT2D eigenvalue weighted by molar-refractivity contribution is 0.102. The number of fused-ring (bicyclic) bond motifs is 2. The normalized spacial score (nSPS) is 11.5. The van der Waals surface area contributed by atoms with Crippen molar-refractivity contribution in [1.29, 1.82) is 0 Å². The zero-order chi connectivity index (χ0) is 24.7. The first-order chi connectivity index (χ1) is 16.9. The maximum absolute atomic E-state index is 14.4. The fourth-order valence-electron chi connectivity index (χ4n) is 4.09. The first-order valence-electron chi connectivity index (χ1n) is 11.3. The van der Waals surface area contributed by atoms with Crippen LogP contribution in [-0.2, 0) is 6.54 Å². The van der Waals surface area contributed by atoms with E-state index in [1.54, 1.807) is 18.2 Å². The van der Waals surface area contributed by atoms with Crippen LogP contribution in [0.5, 0.6) is 0 Å². The van der Waals surface area contributed by atoms with Gasteiger partial charge >= 0.3 is 0 Å². The number of unbranched alkanes of at least 4 members (excludes halogenated alkanes) is 1. The summed E-state index contributed by atoms with van der Waals surface area (Å²) >= 11 is 9.72. The smallest absolute Gasteiger partial charge is 0.258 e. The molecule has 0 atom stereocenters. The Morgan fingerprint density at radius 1 is 1.17 bits per heavy atom. The van der Waals surface area contributed by atoms with Crippen molar-refractivity contribution in [1.82, 2.24) is 19.5 Å². The third kappa shape index (κ3) is 4.44. The number of rotatable bonds is 6. The Morgan fingerprint density at radius 3 is 2.77 bits per heavy atom. The van der Waals surface area contributed by atoms with Crippen molar-refractivity contribution < 1.29 is 9.18 Å². The van der Waals surface area contributed by atoms with Gasteiger partial charge in [0.15, 0.2) is 0 Å². The topological polar surface area (TPSA) is 75.6 Å². The average Bonchev–Trinajstić information content (AvgIpc) is 3.38. The number of aromatic nitrogens is 4. The number of nitrogens with zero attached hydrogens (tertiary/aromatic N) is 3. The minimum atomic E-state index is -0.480. The Bertz CT molecular complexity index is 1570. The van der Waals surface area contributed by atoms with Crippen molar-refractivity contribution in [2.24, 2.45) is 0 Å². The summed E-state index contributed by atoms with van der Waals surface area (Å²) in [5.74, 6) is -0.00285. The average molecular weight is 555 g/mol. The van der Waals surface area contributed by atoms with E-state index in [-0.39, 0.29) is 22.3 Å². The molecule has 1 amide bonds. The number of halogens is 3. The summed E-state index contributed by atoms with van der Waals surface area (Å²) < 4.78 is 17.1. The fraction of sp³-hybridized carbons (Fsp3) is 0.192. The standard InChI is InChI=1S/C26H22BrClFN5O/c1-3-4-10-34-21-11-14(2)8-9-19(21)31-26(34)33-25(35)15-12-16(27)23-20(13-15)30-24(32-23)22-17(28)6-5-7-18(22)29/h5-9,11-13H,3-4,10H2,1-2H3,(H,30,32)(H,31,33,35). The van der Waals surface area contributed by atoms with Crippen LogP contribution in [0.1, 0.15) is 35.7 Å². The summed E-state index contributed by atoms with van der Waals surface area (Å²) in [4.78, 5) is 25.5. The van der Waals surface area contributed by atoms with Gasteiger partial charge in [0.05, 0.1) is 32.7 Å². The van der Waals surface area contributed by atoms with Crippen molar-refractivity contribution in [3.8, 4) is 11.4 Å². The number of benzene rings is 3. The minimum absolute atomic E-state index is 0.184. The third-order valence-corrected chi connectivity index (χ3v) is 6.81. The second kappa shape index (κ2) is 9.43. The highest BCUT2D eigenvalue weighted by Crippen LogP contribution is 2.33. The first kappa shape index (κ1) is 23.5. The molecule has 0 aliphatic carbocycles. The molecule has 0 radical (unpaired) electrons. The highest BCUT2D eigenvalue weighted by molar-refractivity contribution is 9.10. The Kier molecular flexibility index (Phi) is 6.34. The molecule has 3 aromatic carbocycles. The molecule has 0 aliphatic heterocycles. The van der Waals surface area contributed by atoms with Gasteiger partial charge in [-0.2, -0.15) is 0 Å². The molecule has 9 heteroatoms. The Hall–Kier alpha value is -3.23. The van der Waals surface area contributed by atoms with Gasteiger partial charge in [0.2, 0.25) is 5.95 Å². The van der Waals surface area contributed by atoms with Crippen molar-refractivity contribution in [3.63, 3.8) is 0 Å². The lowest BCUT2D eigenvalue weighted by Gasteiger charge is -2.10. The number of nitrogens with one attached hydrogen (secondary N) is 2. The van der Waals surface area contributed by atoms with Crippen LogP contribution in [0.4, 0.5) is 10.3 Å². The van der Waals surface area contributed by atoms with Crippen LogP contribution in [0, 0.1) is 12.7 Å². The van der Waals surface area contributed by atoms with E-state index in [0.29, 0.717) is 27.0 Å². The second-order valence-corrected chi connectivity index (χ2v) is 9.68. The van der Waals surface area contributed by atoms with E-state index in [1.165, 1.54) is 12.1 Å². The van der Waals surface area contributed by atoms with E-state index in [0.717, 1.165) is 36.0 Å². The number of H-pyrrole nitrogens is 1. The highest BCUT2D eigenvalue weighted by Gasteiger charge is 2.19. The fourth-order valence-corrected chi connectivity index (χ4v) is 4.89. The minimum Gasteiger partial charge on any atom is -0.337 e. The summed E-state index contributed by atoms with van der Waals surface area (Å²) in [6.45, 7) is 4.91. The quantitative estimate of drug-likeness (QED) is 0.228. The number of anilines is 1. The van der Waals surface area contributed by atoms with Gasteiger partial charge < -0.3 is 9.55 Å². The number of aryl methyl sites for hydroxylation is 2. The van der Waals surface area contributed by atoms with E-state index in [1.807, 2.05) is 23.6 Å². The molecular weight excluding hydrogens is 533 g/mol. The Labute approximate surface area is 214 Å². The van der Waals surface area contributed by atoms with E-state index in [4.69, 9.17) is 11.6 Å². The van der Waals surface area contributed by atoms with Crippen molar-refractivity contribution in [2.75, 3.05) is 5.32 Å². The van der Waals surface area contributed by atoms with Crippen LogP contribution in [0.25, 0.3) is 33.5 Å². The summed E-state index contributed by atoms with van der Waals surface area (Å²) in [6, 6.07) is 13.9. The molecule has 6 nitrogen and oxygen atoms in total. The maximum atomic E-state index is 14.4. The number of imidazole rings is 2. The summed E-state index contributed by atoms with van der Waals surface area (Å²) in [5, 5.41) is 3.22. The molecule has 2 aromatic heterocycles. The van der Waals surface area contributed by atoms with Crippen LogP contribution < -0.4 is 5.32 Å². The third-order valence-electron chi connectivity index (χ3n) is 5.87. The molecule has 0 unspecified atom stereocenters. The summed E-state index contributed by atoms with van der Waals surface area (Å²) in [5.41, 5.74) is 4.68. The van der Waals surface area contributed by atoms with Gasteiger partial charge in [-0.15, -0.1) is 0 Å². The predicted molar refractivity (Wildman–Crippen MR) is 142 cm³/mol. The molecule has 0 aliphatic rings. The largest absolute Gasteiger partial charge is 0.337 e. The van der Waals surface area contributed by atoms with E-state index >= 15 is 0 Å². The molecule has 5 aromatic rings. The van der Waals surface area contributed by atoms with E-state index < -0.39 is 5.82 Å². The second-order valence-electron chi connectivity index (χ2n) is 8.42. The maximum Gasteiger partial charge on any atom is 0.258 e. The number of amides is 1. The summed E-state index contributed by atoms with van der Waals surface area (Å²) in [7, 11) is 0. The molecule has 2 heterocycles. The zero-order valence-corrected chi connectivity index (χ0v) is 21.5. The first-order valence-corrected chi connectivity index (χ1v) is 12.4. The molecule has 0 saturated carbocycles. The molecule has 0 saturated heterocycles. The van der Waals surface area contributed by atoms with Crippen LogP contribution >= 0.6 is 27.5 Å². The number of hydrogen-bond acceptors (Lipinski definition) is 3. The molecule has 0 spiro atoms. The molecular formula is C26H22BrClFN5O. The van der Waals surface area contributed by atoms with E-state index in [2.05, 4.69) is 49.2 Å². The predicted octanol–water partition coefficient (Wildman–Crippen LogP) is 7.50. The number of carbonyl (C=O) groups excluding carboxylic acids is 1. The van der Waals surface area contributed by atoms with Gasteiger partial charge in [0.25, 0.3) is 5.91 Å². The lowest BCUT2D eigenvalue weighted by atomic mass is 10.2. The van der Waals surface area contributed by atoms with Gasteiger partial charge in [-0.25, -0.2) is 14.4 Å². The van der Waals surface area contributed by atoms with E-state index in [9.17, 15) is 9.18 Å². The SMILES string of the molecule is CCCCn1c(NC(=O)c2cc(Br)c3[nH]c(-c4c(F)cccc4Cl)nc3c2)nc2ccc(C)cc21. The Morgan fingerprint density at radius 2 is 2.00 bits per heavy atom. The molecule has 2 N–H and O–H groups in total. The van der Waals surface area contributed by atoms with Crippen molar-refractivity contribution in [3.05, 3.63) is 75.0 Å². The molecule has 35 heavy (non-hydrogen) atoms. The Balaban J connectivity index is 1.52. The van der Waals surface area contributed by atoms with Crippen molar-refractivity contribution >= 4 is 61.5 Å². The number of carbonyl (C=O) groups is 1. The van der Waals surface area contributed by atoms with Crippen LogP contribution in [0.2, 0.25) is 5.02 Å². The zero-order valence-electron chi connectivity index (χ0n) is 19.1. The van der Waals surface area contributed by atoms with Gasteiger partial charge in [-0.05, 0) is 71.2 Å². The van der Waals surface area contributed by atoms with Gasteiger partial charge in [0.1, 0.15) is 11.6 Å². The molecule has 0 fully saturated rings. The molecule has 178 valence electrons. The van der Waals surface area contributed by atoms with Crippen LogP contribution in [0.3, 0.4) is 0 Å². The van der Waals surface area contributed by atoms with Gasteiger partial charge in [-0.1, -0.05) is 37.1 Å². The summed E-state index contributed by atoms with van der Waals surface area (Å²) in [6.07, 6.45) is 1.99. The number of hydrogen-bond donors (Lipinski definition) is 2. The number of aromatic amines is 1. The monoisotopic (exact) mass is 553 g/mol. The van der Waals surface area contributed by atoms with Crippen LogP contribution in [-0.4, -0.2) is 25.4 Å². The lowest BCUT2D eigenvalue weighted by Crippen LogP contribution is -2.16. The van der Waals surface area contributed by atoms with Gasteiger partial charge in [-0.3, -0.25) is 10.1 Å². The molecule has 5 rings (SSSR count). The van der Waals surface area contributed by atoms with Crippen molar-refractivity contribution in [2.45, 2.75) is 33.2 Å². The van der Waals surface area contributed by atoms with Gasteiger partial charge in [0, 0.05) is 16.6 Å². The highest BCUT2D eigenvalue weighted by atomic mass is 79.9.